The van der Waals surface area contributed by atoms with Crippen LogP contribution in [0, 0.1) is 5.92 Å². The van der Waals surface area contributed by atoms with Crippen molar-refractivity contribution in [1.82, 2.24) is 24.6 Å². The normalized spacial score (nSPS) is 23.9. The number of piperidine rings is 2. The SMILES string of the molecule is COCOc1cc(-n2ccnc2)ccc1-c1ccc(N(C)[C@H]2C3CCC([C@H]2F)N(B(C)O)C3)nn1. The number of aromatic nitrogens is 4. The minimum atomic E-state index is -1.06. The van der Waals surface area contributed by atoms with E-state index in [2.05, 4.69) is 15.2 Å². The Balaban J connectivity index is 1.38. The third kappa shape index (κ3) is 4.51. The predicted octanol–water partition coefficient (Wildman–Crippen LogP) is 2.66. The third-order valence-corrected chi connectivity index (χ3v) is 7.20. The van der Waals surface area contributed by atoms with Crippen LogP contribution in [0.3, 0.4) is 0 Å². The number of benzene rings is 1. The molecular formula is C24H30BFN6O3. The number of alkyl halides is 1. The third-order valence-electron chi connectivity index (χ3n) is 7.20. The summed E-state index contributed by atoms with van der Waals surface area (Å²) in [5, 5.41) is 18.9. The Bertz CT molecular complexity index is 1130. The molecule has 2 aromatic heterocycles. The zero-order valence-electron chi connectivity index (χ0n) is 20.2. The maximum Gasteiger partial charge on any atom is 0.376 e. The highest BCUT2D eigenvalue weighted by molar-refractivity contribution is 6.45. The van der Waals surface area contributed by atoms with Crippen LogP contribution in [0.1, 0.15) is 12.8 Å². The first kappa shape index (κ1) is 23.7. The summed E-state index contributed by atoms with van der Waals surface area (Å²) in [6, 6.07) is 8.97. The summed E-state index contributed by atoms with van der Waals surface area (Å²) in [7, 11) is 2.81. The summed E-state index contributed by atoms with van der Waals surface area (Å²) in [6.45, 7) is 2.50. The largest absolute Gasteiger partial charge is 0.467 e. The van der Waals surface area contributed by atoms with E-state index >= 15 is 4.39 Å². The lowest BCUT2D eigenvalue weighted by Crippen LogP contribution is -2.68. The Morgan fingerprint density at radius 3 is 2.74 bits per heavy atom. The summed E-state index contributed by atoms with van der Waals surface area (Å²) in [6.07, 6.45) is 5.94. The monoisotopic (exact) mass is 480 g/mol. The Hall–Kier alpha value is -3.02. The summed E-state index contributed by atoms with van der Waals surface area (Å²) in [5.41, 5.74) is 2.32. The van der Waals surface area contributed by atoms with Crippen LogP contribution in [0.15, 0.2) is 49.1 Å². The highest BCUT2D eigenvalue weighted by Gasteiger charge is 2.51. The van der Waals surface area contributed by atoms with Crippen molar-refractivity contribution in [2.75, 3.05) is 32.4 Å². The van der Waals surface area contributed by atoms with Gasteiger partial charge in [-0.15, -0.1) is 10.2 Å². The molecule has 1 aromatic carbocycles. The number of nitrogens with zero attached hydrogens (tertiary/aromatic N) is 6. The van der Waals surface area contributed by atoms with Crippen molar-refractivity contribution in [1.29, 1.82) is 0 Å². The number of rotatable bonds is 8. The van der Waals surface area contributed by atoms with Gasteiger partial charge in [-0.1, -0.05) is 0 Å². The Labute approximate surface area is 204 Å². The van der Waals surface area contributed by atoms with Crippen molar-refractivity contribution in [3.05, 3.63) is 49.1 Å². The number of hydrogen-bond donors (Lipinski definition) is 1. The average molecular weight is 480 g/mol. The van der Waals surface area contributed by atoms with Gasteiger partial charge in [0.25, 0.3) is 0 Å². The number of fused-ring (bicyclic) bond motifs is 3. The summed E-state index contributed by atoms with van der Waals surface area (Å²) < 4.78 is 28.3. The minimum Gasteiger partial charge on any atom is -0.467 e. The zero-order valence-corrected chi connectivity index (χ0v) is 20.2. The molecule has 11 heteroatoms. The van der Waals surface area contributed by atoms with Crippen LogP contribution in [0.4, 0.5) is 10.2 Å². The average Bonchev–Trinajstić information content (AvgIpc) is 3.42. The van der Waals surface area contributed by atoms with E-state index in [4.69, 9.17) is 9.47 Å². The number of halogens is 1. The lowest BCUT2D eigenvalue weighted by atomic mass is 9.68. The molecule has 1 saturated carbocycles. The molecule has 0 radical (unpaired) electrons. The van der Waals surface area contributed by atoms with E-state index in [1.165, 1.54) is 0 Å². The van der Waals surface area contributed by atoms with Gasteiger partial charge in [0.1, 0.15) is 11.9 Å². The van der Waals surface area contributed by atoms with Gasteiger partial charge in [-0.05, 0) is 56.4 Å². The summed E-state index contributed by atoms with van der Waals surface area (Å²) in [4.78, 5) is 7.88. The van der Waals surface area contributed by atoms with Gasteiger partial charge in [0.05, 0.1) is 23.8 Å². The molecule has 0 amide bonds. The number of methoxy groups -OCH3 is 1. The molecule has 2 saturated heterocycles. The molecule has 4 atom stereocenters. The molecule has 2 unspecified atom stereocenters. The maximum atomic E-state index is 15.5. The molecule has 184 valence electrons. The van der Waals surface area contributed by atoms with Crippen LogP contribution in [0.5, 0.6) is 5.75 Å². The van der Waals surface area contributed by atoms with Gasteiger partial charge in [-0.25, -0.2) is 9.37 Å². The van der Waals surface area contributed by atoms with E-state index in [-0.39, 0.29) is 24.8 Å². The van der Waals surface area contributed by atoms with Gasteiger partial charge in [-0.3, -0.25) is 0 Å². The van der Waals surface area contributed by atoms with E-state index in [9.17, 15) is 5.02 Å². The van der Waals surface area contributed by atoms with E-state index < -0.39 is 13.2 Å². The molecule has 3 aromatic rings. The number of imidazole rings is 1. The van der Waals surface area contributed by atoms with Gasteiger partial charge in [-0.2, -0.15) is 0 Å². The van der Waals surface area contributed by atoms with Crippen LogP contribution in [0.2, 0.25) is 6.82 Å². The molecule has 9 nitrogen and oxygen atoms in total. The van der Waals surface area contributed by atoms with Gasteiger partial charge in [0, 0.05) is 44.2 Å². The molecule has 0 spiro atoms. The Morgan fingerprint density at radius 2 is 2.09 bits per heavy atom. The van der Waals surface area contributed by atoms with Crippen molar-refractivity contribution in [3.8, 4) is 22.7 Å². The smallest absolute Gasteiger partial charge is 0.376 e. The Morgan fingerprint density at radius 1 is 1.23 bits per heavy atom. The van der Waals surface area contributed by atoms with Crippen molar-refractivity contribution >= 4 is 12.9 Å². The van der Waals surface area contributed by atoms with Crippen molar-refractivity contribution in [2.24, 2.45) is 5.92 Å². The highest BCUT2D eigenvalue weighted by Crippen LogP contribution is 2.41. The van der Waals surface area contributed by atoms with Crippen LogP contribution < -0.4 is 9.64 Å². The van der Waals surface area contributed by atoms with Crippen molar-refractivity contribution in [2.45, 2.75) is 37.9 Å². The van der Waals surface area contributed by atoms with Crippen LogP contribution >= 0.6 is 0 Å². The number of anilines is 1. The molecule has 3 aliphatic rings. The summed E-state index contributed by atoms with van der Waals surface area (Å²) >= 11 is 0. The molecule has 3 fully saturated rings. The molecule has 35 heavy (non-hydrogen) atoms. The first-order valence-electron chi connectivity index (χ1n) is 11.9. The van der Waals surface area contributed by atoms with Crippen LogP contribution in [0.25, 0.3) is 16.9 Å². The quantitative estimate of drug-likeness (QED) is 0.389. The first-order chi connectivity index (χ1) is 17.0. The molecule has 4 heterocycles. The molecule has 2 bridgehead atoms. The minimum absolute atomic E-state index is 0.0975. The first-order valence-corrected chi connectivity index (χ1v) is 11.9. The van der Waals surface area contributed by atoms with E-state index in [0.717, 1.165) is 24.1 Å². The van der Waals surface area contributed by atoms with Gasteiger partial charge < -0.3 is 28.8 Å². The molecular weight excluding hydrogens is 450 g/mol. The van der Waals surface area contributed by atoms with E-state index in [0.29, 0.717) is 23.8 Å². The summed E-state index contributed by atoms with van der Waals surface area (Å²) in [5.74, 6) is 1.35. The van der Waals surface area contributed by atoms with Gasteiger partial charge >= 0.3 is 7.05 Å². The second kappa shape index (κ2) is 9.92. The fourth-order valence-corrected chi connectivity index (χ4v) is 5.46. The maximum absolute atomic E-state index is 15.5. The van der Waals surface area contributed by atoms with Crippen LogP contribution in [-0.2, 0) is 4.74 Å². The number of hydrogen-bond acceptors (Lipinski definition) is 8. The van der Waals surface area contributed by atoms with Crippen molar-refractivity contribution in [3.63, 3.8) is 0 Å². The van der Waals surface area contributed by atoms with Gasteiger partial charge in [0.15, 0.2) is 12.6 Å². The highest BCUT2D eigenvalue weighted by atomic mass is 19.1. The predicted molar refractivity (Wildman–Crippen MR) is 131 cm³/mol. The fraction of sp³-hybridized carbons (Fsp3) is 0.458. The standard InChI is InChI=1S/C24H30BFN6O3/c1-25(33)32-13-16-4-8-20(32)23(26)24(16)30(2)22-9-7-19(28-29-22)18-6-5-17(31-11-10-27-14-31)12-21(18)35-15-34-3/h5-7,9-12,14,16,20,23-24,33H,4,8,13,15H2,1-3H3/t16?,20?,23-,24+/m1/s1. The van der Waals surface area contributed by atoms with E-state index in [1.54, 1.807) is 26.5 Å². The molecule has 1 aliphatic carbocycles. The molecule has 2 aliphatic heterocycles. The lowest BCUT2D eigenvalue weighted by Gasteiger charge is -2.54. The molecule has 1 N–H and O–H groups in total. The van der Waals surface area contributed by atoms with Crippen LogP contribution in [-0.4, -0.2) is 82.4 Å². The zero-order chi connectivity index (χ0) is 24.5. The van der Waals surface area contributed by atoms with Gasteiger partial charge in [0.2, 0.25) is 0 Å². The second-order valence-corrected chi connectivity index (χ2v) is 9.26. The van der Waals surface area contributed by atoms with Crippen molar-refractivity contribution < 1.29 is 18.9 Å². The fourth-order valence-electron chi connectivity index (χ4n) is 5.46. The molecule has 6 rings (SSSR count). The topological polar surface area (TPSA) is 88.8 Å². The van der Waals surface area contributed by atoms with E-state index in [1.807, 2.05) is 57.9 Å². The lowest BCUT2D eigenvalue weighted by molar-refractivity contribution is 0.00393. The second-order valence-electron chi connectivity index (χ2n) is 9.26. The number of ether oxygens (including phenoxy) is 2. The Kier molecular flexibility index (Phi) is 6.72.